The van der Waals surface area contributed by atoms with Gasteiger partial charge in [-0.05, 0) is 17.7 Å². The molecule has 3 rings (SSSR count). The maximum absolute atomic E-state index is 12.6. The molecule has 0 bridgehead atoms. The molecule has 0 amide bonds. The van der Waals surface area contributed by atoms with Crippen LogP contribution in [0, 0.1) is 0 Å². The summed E-state index contributed by atoms with van der Waals surface area (Å²) >= 11 is 6.07. The minimum absolute atomic E-state index is 0.253. The standard InChI is InChI=1S/C15H14ClNO2S/c16-11-15(13-7-3-1-4-8-13)12-17(15)20(18,19)14-9-5-2-6-10-14/h1-10H,11-12H2. The van der Waals surface area contributed by atoms with Gasteiger partial charge in [-0.25, -0.2) is 8.42 Å². The highest BCUT2D eigenvalue weighted by Crippen LogP contribution is 2.47. The SMILES string of the molecule is O=S(=O)(c1ccccc1)N1CC1(CCl)c1ccccc1. The summed E-state index contributed by atoms with van der Waals surface area (Å²) in [6.07, 6.45) is 0. The largest absolute Gasteiger partial charge is 0.244 e. The summed E-state index contributed by atoms with van der Waals surface area (Å²) in [5.74, 6) is 0.253. The first-order valence-corrected chi connectivity index (χ1v) is 8.28. The quantitative estimate of drug-likeness (QED) is 0.643. The van der Waals surface area contributed by atoms with Crippen LogP contribution in [0.2, 0.25) is 0 Å². The molecule has 1 heterocycles. The number of sulfonamides is 1. The van der Waals surface area contributed by atoms with Crippen molar-refractivity contribution in [3.8, 4) is 0 Å². The highest BCUT2D eigenvalue weighted by atomic mass is 35.5. The molecule has 0 radical (unpaired) electrons. The van der Waals surface area contributed by atoms with Crippen molar-refractivity contribution in [3.05, 3.63) is 66.2 Å². The second-order valence-electron chi connectivity index (χ2n) is 4.86. The summed E-state index contributed by atoms with van der Waals surface area (Å²) in [4.78, 5) is 0.308. The maximum atomic E-state index is 12.6. The molecule has 0 aliphatic carbocycles. The summed E-state index contributed by atoms with van der Waals surface area (Å²) in [5.41, 5.74) is 0.340. The van der Waals surface area contributed by atoms with Crippen LogP contribution in [0.5, 0.6) is 0 Å². The Labute approximate surface area is 123 Å². The van der Waals surface area contributed by atoms with Gasteiger partial charge in [-0.2, -0.15) is 4.31 Å². The van der Waals surface area contributed by atoms with Crippen LogP contribution >= 0.6 is 11.6 Å². The average Bonchev–Trinajstić information content (AvgIpc) is 3.26. The van der Waals surface area contributed by atoms with Gasteiger partial charge in [0.15, 0.2) is 0 Å². The van der Waals surface area contributed by atoms with Crippen LogP contribution in [-0.4, -0.2) is 25.1 Å². The van der Waals surface area contributed by atoms with Crippen LogP contribution in [0.4, 0.5) is 0 Å². The van der Waals surface area contributed by atoms with E-state index in [0.717, 1.165) is 5.56 Å². The molecule has 1 aliphatic heterocycles. The van der Waals surface area contributed by atoms with Gasteiger partial charge in [0.25, 0.3) is 0 Å². The van der Waals surface area contributed by atoms with Crippen LogP contribution in [0.1, 0.15) is 5.56 Å². The molecule has 1 aliphatic rings. The Morgan fingerprint density at radius 3 is 2.10 bits per heavy atom. The van der Waals surface area contributed by atoms with Crippen molar-refractivity contribution in [2.45, 2.75) is 10.4 Å². The number of hydrogen-bond acceptors (Lipinski definition) is 2. The fraction of sp³-hybridized carbons (Fsp3) is 0.200. The number of benzene rings is 2. The second kappa shape index (κ2) is 4.88. The fourth-order valence-corrected chi connectivity index (χ4v) is 4.63. The lowest BCUT2D eigenvalue weighted by Gasteiger charge is -2.15. The van der Waals surface area contributed by atoms with Crippen LogP contribution in [0.25, 0.3) is 0 Å². The van der Waals surface area contributed by atoms with E-state index >= 15 is 0 Å². The van der Waals surface area contributed by atoms with Gasteiger partial charge >= 0.3 is 0 Å². The molecule has 104 valence electrons. The van der Waals surface area contributed by atoms with Crippen molar-refractivity contribution < 1.29 is 8.42 Å². The molecule has 0 N–H and O–H groups in total. The number of rotatable bonds is 4. The Kier molecular flexibility index (Phi) is 3.32. The third-order valence-corrected chi connectivity index (χ3v) is 6.01. The van der Waals surface area contributed by atoms with E-state index in [9.17, 15) is 8.42 Å². The highest BCUT2D eigenvalue weighted by Gasteiger charge is 2.59. The summed E-state index contributed by atoms with van der Waals surface area (Å²) in [7, 11) is -3.48. The van der Waals surface area contributed by atoms with E-state index in [1.807, 2.05) is 30.3 Å². The number of alkyl halides is 1. The maximum Gasteiger partial charge on any atom is 0.244 e. The van der Waals surface area contributed by atoms with Crippen molar-refractivity contribution >= 4 is 21.6 Å². The molecule has 2 aromatic carbocycles. The predicted molar refractivity (Wildman–Crippen MR) is 79.2 cm³/mol. The summed E-state index contributed by atoms with van der Waals surface area (Å²) < 4.78 is 26.7. The first-order valence-electron chi connectivity index (χ1n) is 6.31. The topological polar surface area (TPSA) is 37.1 Å². The fourth-order valence-electron chi connectivity index (χ4n) is 2.41. The zero-order valence-corrected chi connectivity index (χ0v) is 12.3. The van der Waals surface area contributed by atoms with Crippen LogP contribution in [0.3, 0.4) is 0 Å². The molecular formula is C15H14ClNO2S. The van der Waals surface area contributed by atoms with Gasteiger partial charge in [-0.15, -0.1) is 11.6 Å². The normalized spacial score (nSPS) is 25.4. The smallest absolute Gasteiger partial charge is 0.207 e. The third kappa shape index (κ3) is 2.04. The lowest BCUT2D eigenvalue weighted by molar-refractivity contribution is 0.525. The predicted octanol–water partition coefficient (Wildman–Crippen LogP) is 2.83. The van der Waals surface area contributed by atoms with Crippen LogP contribution in [-0.2, 0) is 15.6 Å². The zero-order chi connectivity index (χ0) is 14.2. The van der Waals surface area contributed by atoms with Crippen molar-refractivity contribution in [2.24, 2.45) is 0 Å². The first-order chi connectivity index (χ1) is 9.61. The van der Waals surface area contributed by atoms with E-state index in [2.05, 4.69) is 0 Å². The van der Waals surface area contributed by atoms with E-state index < -0.39 is 15.6 Å². The Morgan fingerprint density at radius 1 is 1.00 bits per heavy atom. The zero-order valence-electron chi connectivity index (χ0n) is 10.7. The minimum Gasteiger partial charge on any atom is -0.207 e. The monoisotopic (exact) mass is 307 g/mol. The number of hydrogen-bond donors (Lipinski definition) is 0. The van der Waals surface area contributed by atoms with Gasteiger partial charge in [0.1, 0.15) is 0 Å². The van der Waals surface area contributed by atoms with E-state index in [1.54, 1.807) is 30.3 Å². The van der Waals surface area contributed by atoms with Crippen molar-refractivity contribution in [1.82, 2.24) is 4.31 Å². The highest BCUT2D eigenvalue weighted by molar-refractivity contribution is 7.89. The third-order valence-electron chi connectivity index (χ3n) is 3.64. The van der Waals surface area contributed by atoms with Crippen LogP contribution < -0.4 is 0 Å². The molecule has 0 spiro atoms. The Morgan fingerprint density at radius 2 is 1.55 bits per heavy atom. The lowest BCUT2D eigenvalue weighted by Crippen LogP contribution is -2.23. The Hall–Kier alpha value is -1.36. The molecular weight excluding hydrogens is 294 g/mol. The van der Waals surface area contributed by atoms with E-state index in [1.165, 1.54) is 4.31 Å². The molecule has 20 heavy (non-hydrogen) atoms. The summed E-state index contributed by atoms with van der Waals surface area (Å²) in [6.45, 7) is 0.428. The average molecular weight is 308 g/mol. The second-order valence-corrected chi connectivity index (χ2v) is 6.99. The molecule has 0 saturated carbocycles. The number of halogens is 1. The first kappa shape index (κ1) is 13.6. The minimum atomic E-state index is -3.48. The molecule has 0 aromatic heterocycles. The van der Waals surface area contributed by atoms with Gasteiger partial charge < -0.3 is 0 Å². The molecule has 1 fully saturated rings. The van der Waals surface area contributed by atoms with Gasteiger partial charge in [-0.1, -0.05) is 48.5 Å². The number of nitrogens with zero attached hydrogens (tertiary/aromatic N) is 1. The lowest BCUT2D eigenvalue weighted by atomic mass is 10.0. The molecule has 2 unspecified atom stereocenters. The van der Waals surface area contributed by atoms with E-state index in [4.69, 9.17) is 11.6 Å². The van der Waals surface area contributed by atoms with Crippen molar-refractivity contribution in [2.75, 3.05) is 12.4 Å². The molecule has 1 saturated heterocycles. The van der Waals surface area contributed by atoms with E-state index in [0.29, 0.717) is 11.4 Å². The van der Waals surface area contributed by atoms with Crippen molar-refractivity contribution in [3.63, 3.8) is 0 Å². The Bertz CT molecular complexity index is 703. The van der Waals surface area contributed by atoms with Gasteiger partial charge in [-0.3, -0.25) is 0 Å². The van der Waals surface area contributed by atoms with E-state index in [-0.39, 0.29) is 5.88 Å². The summed E-state index contributed by atoms with van der Waals surface area (Å²) in [6, 6.07) is 18.0. The molecule has 2 aromatic rings. The molecule has 2 atom stereocenters. The van der Waals surface area contributed by atoms with Crippen molar-refractivity contribution in [1.29, 1.82) is 0 Å². The Balaban J connectivity index is 1.98. The summed E-state index contributed by atoms with van der Waals surface area (Å²) in [5, 5.41) is 0. The molecule has 5 heteroatoms. The van der Waals surface area contributed by atoms with Gasteiger partial charge in [0.2, 0.25) is 10.0 Å². The van der Waals surface area contributed by atoms with Gasteiger partial charge in [0, 0.05) is 12.4 Å². The molecule has 3 nitrogen and oxygen atoms in total. The van der Waals surface area contributed by atoms with Crippen LogP contribution in [0.15, 0.2) is 65.6 Å². The van der Waals surface area contributed by atoms with Gasteiger partial charge in [0.05, 0.1) is 10.4 Å².